The van der Waals surface area contributed by atoms with Crippen LogP contribution in [0.25, 0.3) is 0 Å². The van der Waals surface area contributed by atoms with Crippen LogP contribution in [0.4, 0.5) is 0 Å². The predicted octanol–water partition coefficient (Wildman–Crippen LogP) is 3.18. The van der Waals surface area contributed by atoms with Crippen LogP contribution < -0.4 is 0 Å². The molecule has 0 aliphatic carbocycles. The Kier molecular flexibility index (Phi) is 3.38. The molecule has 5 heteroatoms. The Morgan fingerprint density at radius 3 is 2.05 bits per heavy atom. The van der Waals surface area contributed by atoms with Gasteiger partial charge in [-0.15, -0.1) is 5.06 Å². The zero-order valence-corrected chi connectivity index (χ0v) is 12.0. The topological polar surface area (TPSA) is 46.6 Å². The fourth-order valence-corrected chi connectivity index (χ4v) is 2.43. The lowest BCUT2D eigenvalue weighted by molar-refractivity contribution is -0.101. The molecule has 0 aromatic heterocycles. The average Bonchev–Trinajstić information content (AvgIpc) is 2.71. The molecule has 0 bridgehead atoms. The number of fused-ring (bicyclic) bond motifs is 1. The van der Waals surface area contributed by atoms with Crippen molar-refractivity contribution in [2.24, 2.45) is 0 Å². The van der Waals surface area contributed by atoms with Gasteiger partial charge in [-0.25, -0.2) is 0 Å². The van der Waals surface area contributed by atoms with Gasteiger partial charge in [0.25, 0.3) is 11.8 Å². The van der Waals surface area contributed by atoms with Crippen LogP contribution in [0.15, 0.2) is 53.0 Å². The molecule has 2 aromatic carbocycles. The summed E-state index contributed by atoms with van der Waals surface area (Å²) in [5.74, 6) is -0.838. The first-order valence-corrected chi connectivity index (χ1v) is 6.82. The fourth-order valence-electron chi connectivity index (χ4n) is 2.03. The molecule has 0 spiro atoms. The van der Waals surface area contributed by atoms with Crippen molar-refractivity contribution in [1.29, 1.82) is 0 Å². The van der Waals surface area contributed by atoms with Crippen molar-refractivity contribution < 1.29 is 14.4 Å². The van der Waals surface area contributed by atoms with Crippen molar-refractivity contribution in [2.75, 3.05) is 0 Å². The summed E-state index contributed by atoms with van der Waals surface area (Å²) >= 11 is 3.40. The first-order chi connectivity index (χ1) is 9.68. The maximum Gasteiger partial charge on any atom is 0.285 e. The molecule has 0 N–H and O–H groups in total. The largest absolute Gasteiger partial charge is 0.285 e. The van der Waals surface area contributed by atoms with Crippen LogP contribution in [-0.2, 0) is 11.4 Å². The molecular formula is C15H10BrNO3. The highest BCUT2D eigenvalue weighted by Crippen LogP contribution is 2.24. The molecule has 4 nitrogen and oxygen atoms in total. The van der Waals surface area contributed by atoms with E-state index >= 15 is 0 Å². The monoisotopic (exact) mass is 331 g/mol. The zero-order chi connectivity index (χ0) is 14.1. The van der Waals surface area contributed by atoms with Gasteiger partial charge in [-0.05, 0) is 23.8 Å². The van der Waals surface area contributed by atoms with Gasteiger partial charge in [-0.2, -0.15) is 0 Å². The fraction of sp³-hybridized carbons (Fsp3) is 0.0667. The second kappa shape index (κ2) is 5.19. The van der Waals surface area contributed by atoms with E-state index in [-0.39, 0.29) is 6.61 Å². The minimum Gasteiger partial charge on any atom is -0.266 e. The van der Waals surface area contributed by atoms with Crippen LogP contribution in [0.2, 0.25) is 0 Å². The highest BCUT2D eigenvalue weighted by Gasteiger charge is 2.36. The van der Waals surface area contributed by atoms with Crippen molar-refractivity contribution in [3.8, 4) is 0 Å². The Morgan fingerprint density at radius 1 is 0.900 bits per heavy atom. The number of carbonyl (C=O) groups excluding carboxylic acids is 2. The van der Waals surface area contributed by atoms with Gasteiger partial charge in [-0.1, -0.05) is 46.3 Å². The van der Waals surface area contributed by atoms with Gasteiger partial charge in [0, 0.05) is 4.47 Å². The number of hydrogen-bond donors (Lipinski definition) is 0. The lowest BCUT2D eigenvalue weighted by Gasteiger charge is -2.13. The number of imide groups is 1. The van der Waals surface area contributed by atoms with Crippen molar-refractivity contribution in [1.82, 2.24) is 5.06 Å². The Morgan fingerprint density at radius 2 is 1.45 bits per heavy atom. The lowest BCUT2D eigenvalue weighted by Crippen LogP contribution is -2.29. The van der Waals surface area contributed by atoms with Gasteiger partial charge in [0.2, 0.25) is 0 Å². The van der Waals surface area contributed by atoms with Crippen LogP contribution >= 0.6 is 15.9 Å². The Hall–Kier alpha value is -1.98. The minimum atomic E-state index is -0.419. The maximum absolute atomic E-state index is 12.1. The summed E-state index contributed by atoms with van der Waals surface area (Å²) in [6.45, 7) is 0.146. The predicted molar refractivity (Wildman–Crippen MR) is 75.9 cm³/mol. The molecule has 2 aromatic rings. The van der Waals surface area contributed by atoms with E-state index < -0.39 is 11.8 Å². The van der Waals surface area contributed by atoms with Crippen molar-refractivity contribution in [2.45, 2.75) is 6.61 Å². The molecule has 0 unspecified atom stereocenters. The quantitative estimate of drug-likeness (QED) is 0.811. The molecule has 0 radical (unpaired) electrons. The molecule has 20 heavy (non-hydrogen) atoms. The summed E-state index contributed by atoms with van der Waals surface area (Å²) < 4.78 is 0.872. The van der Waals surface area contributed by atoms with E-state index in [2.05, 4.69) is 15.9 Å². The van der Waals surface area contributed by atoms with Crippen LogP contribution in [0.5, 0.6) is 0 Å². The number of nitrogens with zero attached hydrogens (tertiary/aromatic N) is 1. The number of amides is 2. The Balaban J connectivity index is 1.79. The number of halogens is 1. The van der Waals surface area contributed by atoms with Crippen LogP contribution in [-0.4, -0.2) is 16.9 Å². The summed E-state index contributed by atoms with van der Waals surface area (Å²) in [4.78, 5) is 29.5. The van der Waals surface area contributed by atoms with Crippen molar-refractivity contribution in [3.05, 3.63) is 69.7 Å². The maximum atomic E-state index is 12.1. The van der Waals surface area contributed by atoms with E-state index in [0.717, 1.165) is 15.1 Å². The van der Waals surface area contributed by atoms with Gasteiger partial charge in [0.1, 0.15) is 6.61 Å². The smallest absolute Gasteiger partial charge is 0.266 e. The molecule has 1 heterocycles. The van der Waals surface area contributed by atoms with Crippen LogP contribution in [0.3, 0.4) is 0 Å². The van der Waals surface area contributed by atoms with Crippen LogP contribution in [0, 0.1) is 0 Å². The molecule has 0 fully saturated rings. The zero-order valence-electron chi connectivity index (χ0n) is 10.4. The van der Waals surface area contributed by atoms with Crippen molar-refractivity contribution in [3.63, 3.8) is 0 Å². The molecular weight excluding hydrogens is 322 g/mol. The van der Waals surface area contributed by atoms with Gasteiger partial charge in [0.05, 0.1) is 11.1 Å². The summed E-state index contributed by atoms with van der Waals surface area (Å²) in [5.41, 5.74) is 1.62. The molecule has 3 rings (SSSR count). The first-order valence-electron chi connectivity index (χ1n) is 6.02. The van der Waals surface area contributed by atoms with E-state index in [1.165, 1.54) is 0 Å². The number of rotatable bonds is 3. The van der Waals surface area contributed by atoms with E-state index in [9.17, 15) is 9.59 Å². The number of benzene rings is 2. The van der Waals surface area contributed by atoms with Gasteiger partial charge < -0.3 is 0 Å². The van der Waals surface area contributed by atoms with Crippen LogP contribution in [0.1, 0.15) is 26.3 Å². The number of carbonyl (C=O) groups is 2. The summed E-state index contributed by atoms with van der Waals surface area (Å²) in [6.07, 6.45) is 0. The third-order valence-electron chi connectivity index (χ3n) is 3.06. The lowest BCUT2D eigenvalue weighted by atomic mass is 10.1. The van der Waals surface area contributed by atoms with Crippen molar-refractivity contribution >= 4 is 27.7 Å². The molecule has 1 aliphatic rings. The van der Waals surface area contributed by atoms with Gasteiger partial charge in [-0.3, -0.25) is 14.4 Å². The first kappa shape index (κ1) is 13.0. The highest BCUT2D eigenvalue weighted by atomic mass is 79.9. The van der Waals surface area contributed by atoms with Gasteiger partial charge in [0.15, 0.2) is 0 Å². The molecule has 1 aliphatic heterocycles. The van der Waals surface area contributed by atoms with E-state index in [0.29, 0.717) is 11.1 Å². The third kappa shape index (κ3) is 2.15. The van der Waals surface area contributed by atoms with E-state index in [4.69, 9.17) is 4.84 Å². The normalized spacial score (nSPS) is 13.8. The standard InChI is InChI=1S/C15H10BrNO3/c16-13-8-4-1-5-10(13)9-20-17-14(18)11-6-2-3-7-12(11)15(17)19/h1-8H,9H2. The SMILES string of the molecule is O=C1c2ccccc2C(=O)N1OCc1ccccc1Br. The van der Waals surface area contributed by atoms with E-state index in [1.54, 1.807) is 24.3 Å². The highest BCUT2D eigenvalue weighted by molar-refractivity contribution is 9.10. The second-order valence-corrected chi connectivity index (χ2v) is 5.17. The molecule has 2 amide bonds. The average molecular weight is 332 g/mol. The third-order valence-corrected chi connectivity index (χ3v) is 3.84. The summed E-state index contributed by atoms with van der Waals surface area (Å²) in [7, 11) is 0. The molecule has 0 saturated heterocycles. The Bertz CT molecular complexity index is 664. The number of hydrogen-bond acceptors (Lipinski definition) is 3. The van der Waals surface area contributed by atoms with Gasteiger partial charge >= 0.3 is 0 Å². The number of hydroxylamine groups is 2. The molecule has 0 saturated carbocycles. The summed E-state index contributed by atoms with van der Waals surface area (Å²) in [6, 6.07) is 14.2. The molecule has 0 atom stereocenters. The molecule has 100 valence electrons. The van der Waals surface area contributed by atoms with E-state index in [1.807, 2.05) is 24.3 Å². The summed E-state index contributed by atoms with van der Waals surface area (Å²) in [5, 5.41) is 0.824. The Labute approximate surface area is 124 Å². The second-order valence-electron chi connectivity index (χ2n) is 4.32. The minimum absolute atomic E-state index is 0.146.